The predicted molar refractivity (Wildman–Crippen MR) is 64.7 cm³/mol. The van der Waals surface area contributed by atoms with Gasteiger partial charge in [0.25, 0.3) is 0 Å². The van der Waals surface area contributed by atoms with E-state index in [-0.39, 0.29) is 11.9 Å². The van der Waals surface area contributed by atoms with Crippen LogP contribution in [0.5, 0.6) is 0 Å². The van der Waals surface area contributed by atoms with Crippen LogP contribution in [0.25, 0.3) is 0 Å². The van der Waals surface area contributed by atoms with Crippen molar-refractivity contribution >= 4 is 23.2 Å². The van der Waals surface area contributed by atoms with E-state index >= 15 is 0 Å². The molecule has 1 saturated heterocycles. The SMILES string of the molecule is CCCCNC(=S)NCC1CCC(=O)N1. The molecule has 0 radical (unpaired) electrons. The molecule has 1 atom stereocenters. The van der Waals surface area contributed by atoms with Crippen molar-refractivity contribution in [3.8, 4) is 0 Å². The van der Waals surface area contributed by atoms with Crippen molar-refractivity contribution in [1.82, 2.24) is 16.0 Å². The Morgan fingerprint density at radius 3 is 3.00 bits per heavy atom. The maximum atomic E-state index is 10.9. The average Bonchev–Trinajstić information content (AvgIpc) is 2.62. The molecule has 1 rings (SSSR count). The molecule has 1 unspecified atom stereocenters. The summed E-state index contributed by atoms with van der Waals surface area (Å²) in [4.78, 5) is 10.9. The molecule has 1 aliphatic heterocycles. The Bertz CT molecular complexity index is 233. The molecule has 0 aromatic rings. The fourth-order valence-corrected chi connectivity index (χ4v) is 1.67. The topological polar surface area (TPSA) is 53.2 Å². The average molecular weight is 229 g/mol. The minimum Gasteiger partial charge on any atom is -0.363 e. The highest BCUT2D eigenvalue weighted by Gasteiger charge is 2.20. The van der Waals surface area contributed by atoms with E-state index in [1.807, 2.05) is 0 Å². The number of unbranched alkanes of at least 4 members (excludes halogenated alkanes) is 1. The van der Waals surface area contributed by atoms with Gasteiger partial charge in [-0.15, -0.1) is 0 Å². The van der Waals surface area contributed by atoms with E-state index < -0.39 is 0 Å². The van der Waals surface area contributed by atoms with Crippen molar-refractivity contribution in [2.24, 2.45) is 0 Å². The van der Waals surface area contributed by atoms with E-state index in [9.17, 15) is 4.79 Å². The summed E-state index contributed by atoms with van der Waals surface area (Å²) in [6, 6.07) is 0.239. The van der Waals surface area contributed by atoms with E-state index in [1.54, 1.807) is 0 Å². The van der Waals surface area contributed by atoms with Crippen LogP contribution in [-0.2, 0) is 4.79 Å². The van der Waals surface area contributed by atoms with Gasteiger partial charge in [0.15, 0.2) is 5.11 Å². The first-order valence-corrected chi connectivity index (χ1v) is 5.94. The van der Waals surface area contributed by atoms with Crippen LogP contribution >= 0.6 is 12.2 Å². The fraction of sp³-hybridized carbons (Fsp3) is 0.800. The Morgan fingerprint density at radius 2 is 2.40 bits per heavy atom. The van der Waals surface area contributed by atoms with Crippen LogP contribution in [0.4, 0.5) is 0 Å². The zero-order valence-electron chi connectivity index (χ0n) is 9.14. The summed E-state index contributed by atoms with van der Waals surface area (Å²) < 4.78 is 0. The van der Waals surface area contributed by atoms with E-state index in [0.29, 0.717) is 11.5 Å². The van der Waals surface area contributed by atoms with Gasteiger partial charge in [-0.2, -0.15) is 0 Å². The highest BCUT2D eigenvalue weighted by molar-refractivity contribution is 7.80. The lowest BCUT2D eigenvalue weighted by Crippen LogP contribution is -2.43. The number of carbonyl (C=O) groups excluding carboxylic acids is 1. The summed E-state index contributed by atoms with van der Waals surface area (Å²) in [5.74, 6) is 0.145. The minimum absolute atomic E-state index is 0.145. The van der Waals surface area contributed by atoms with E-state index in [2.05, 4.69) is 22.9 Å². The van der Waals surface area contributed by atoms with Gasteiger partial charge < -0.3 is 16.0 Å². The van der Waals surface area contributed by atoms with Crippen molar-refractivity contribution in [2.45, 2.75) is 38.6 Å². The summed E-state index contributed by atoms with van der Waals surface area (Å²) in [5.41, 5.74) is 0. The Hall–Kier alpha value is -0.840. The Balaban J connectivity index is 2.03. The van der Waals surface area contributed by atoms with Crippen LogP contribution in [-0.4, -0.2) is 30.2 Å². The zero-order chi connectivity index (χ0) is 11.1. The van der Waals surface area contributed by atoms with Crippen molar-refractivity contribution in [2.75, 3.05) is 13.1 Å². The van der Waals surface area contributed by atoms with Gasteiger partial charge in [-0.25, -0.2) is 0 Å². The predicted octanol–water partition coefficient (Wildman–Crippen LogP) is 0.529. The molecule has 3 N–H and O–H groups in total. The molecule has 0 saturated carbocycles. The lowest BCUT2D eigenvalue weighted by Gasteiger charge is -2.14. The van der Waals surface area contributed by atoms with Gasteiger partial charge in [0, 0.05) is 25.6 Å². The molecular weight excluding hydrogens is 210 g/mol. The van der Waals surface area contributed by atoms with Gasteiger partial charge in [-0.1, -0.05) is 13.3 Å². The molecule has 4 nitrogen and oxygen atoms in total. The summed E-state index contributed by atoms with van der Waals surface area (Å²) in [6.45, 7) is 3.79. The normalized spacial score (nSPS) is 19.8. The van der Waals surface area contributed by atoms with Crippen LogP contribution in [0.2, 0.25) is 0 Å². The summed E-state index contributed by atoms with van der Waals surface area (Å²) in [6.07, 6.45) is 3.84. The highest BCUT2D eigenvalue weighted by Crippen LogP contribution is 2.04. The Kier molecular flexibility index (Phi) is 5.39. The molecule has 0 spiro atoms. The van der Waals surface area contributed by atoms with Gasteiger partial charge >= 0.3 is 0 Å². The standard InChI is InChI=1S/C10H19N3OS/c1-2-3-6-11-10(15)12-7-8-4-5-9(14)13-8/h8H,2-7H2,1H3,(H,13,14)(H2,11,12,15). The number of carbonyl (C=O) groups is 1. The number of nitrogens with one attached hydrogen (secondary N) is 3. The van der Waals surface area contributed by atoms with E-state index in [4.69, 9.17) is 12.2 Å². The molecule has 1 fully saturated rings. The number of hydrogen-bond acceptors (Lipinski definition) is 2. The number of thiocarbonyl (C=S) groups is 1. The van der Waals surface area contributed by atoms with Gasteiger partial charge in [-0.05, 0) is 25.1 Å². The molecule has 15 heavy (non-hydrogen) atoms. The molecule has 1 amide bonds. The summed E-state index contributed by atoms with van der Waals surface area (Å²) in [5, 5.41) is 9.81. The van der Waals surface area contributed by atoms with Crippen molar-refractivity contribution in [3.05, 3.63) is 0 Å². The third-order valence-corrected chi connectivity index (χ3v) is 2.70. The quantitative estimate of drug-likeness (QED) is 0.475. The second kappa shape index (κ2) is 6.61. The van der Waals surface area contributed by atoms with Crippen LogP contribution in [0, 0.1) is 0 Å². The van der Waals surface area contributed by atoms with Crippen LogP contribution < -0.4 is 16.0 Å². The van der Waals surface area contributed by atoms with Crippen LogP contribution in [0.3, 0.4) is 0 Å². The molecule has 1 heterocycles. The fourth-order valence-electron chi connectivity index (χ4n) is 1.49. The molecular formula is C10H19N3OS. The molecule has 1 aliphatic rings. The van der Waals surface area contributed by atoms with Crippen LogP contribution in [0.1, 0.15) is 32.6 Å². The Morgan fingerprint density at radius 1 is 1.60 bits per heavy atom. The van der Waals surface area contributed by atoms with Gasteiger partial charge in [0.05, 0.1) is 0 Å². The lowest BCUT2D eigenvalue weighted by molar-refractivity contribution is -0.119. The third-order valence-electron chi connectivity index (χ3n) is 2.41. The van der Waals surface area contributed by atoms with Crippen molar-refractivity contribution in [1.29, 1.82) is 0 Å². The molecule has 86 valence electrons. The molecule has 0 aromatic carbocycles. The van der Waals surface area contributed by atoms with Gasteiger partial charge in [0.2, 0.25) is 5.91 Å². The van der Waals surface area contributed by atoms with Gasteiger partial charge in [-0.3, -0.25) is 4.79 Å². The van der Waals surface area contributed by atoms with E-state index in [1.165, 1.54) is 0 Å². The molecule has 5 heteroatoms. The third kappa shape index (κ3) is 4.97. The molecule has 0 aromatic heterocycles. The van der Waals surface area contributed by atoms with Gasteiger partial charge in [0.1, 0.15) is 0 Å². The molecule has 0 bridgehead atoms. The van der Waals surface area contributed by atoms with Crippen LogP contribution in [0.15, 0.2) is 0 Å². The Labute approximate surface area is 96.2 Å². The number of rotatable bonds is 5. The van der Waals surface area contributed by atoms with E-state index in [0.717, 1.165) is 32.4 Å². The molecule has 0 aliphatic carbocycles. The summed E-state index contributed by atoms with van der Waals surface area (Å²) in [7, 11) is 0. The minimum atomic E-state index is 0.145. The maximum Gasteiger partial charge on any atom is 0.220 e. The number of amides is 1. The monoisotopic (exact) mass is 229 g/mol. The first-order chi connectivity index (χ1) is 7.22. The zero-order valence-corrected chi connectivity index (χ0v) is 9.95. The summed E-state index contributed by atoms with van der Waals surface area (Å²) >= 11 is 5.10. The first kappa shape index (κ1) is 12.2. The maximum absolute atomic E-state index is 10.9. The largest absolute Gasteiger partial charge is 0.363 e. The lowest BCUT2D eigenvalue weighted by atomic mass is 10.2. The van der Waals surface area contributed by atoms with Crippen molar-refractivity contribution in [3.63, 3.8) is 0 Å². The first-order valence-electron chi connectivity index (χ1n) is 5.53. The highest BCUT2D eigenvalue weighted by atomic mass is 32.1. The second-order valence-electron chi connectivity index (χ2n) is 3.79. The number of hydrogen-bond donors (Lipinski definition) is 3. The smallest absolute Gasteiger partial charge is 0.220 e. The second-order valence-corrected chi connectivity index (χ2v) is 4.20. The van der Waals surface area contributed by atoms with Crippen molar-refractivity contribution < 1.29 is 4.79 Å².